The number of likely N-dealkylation sites (N-methyl/N-ethyl adjacent to an activating group) is 1. The van der Waals surface area contributed by atoms with Gasteiger partial charge in [0.25, 0.3) is 0 Å². The summed E-state index contributed by atoms with van der Waals surface area (Å²) < 4.78 is 17.2. The Balaban J connectivity index is 4.40. The van der Waals surface area contributed by atoms with E-state index >= 15 is 0 Å². The summed E-state index contributed by atoms with van der Waals surface area (Å²) in [5, 5.41) is 9.59. The van der Waals surface area contributed by atoms with Crippen LogP contribution in [0.3, 0.4) is 0 Å². The summed E-state index contributed by atoms with van der Waals surface area (Å²) >= 11 is 0. The molecule has 2 atom stereocenters. The Morgan fingerprint density at radius 1 is 0.577 bits per heavy atom. The first-order chi connectivity index (χ1) is 25.1. The molecule has 0 aromatic carbocycles. The van der Waals surface area contributed by atoms with Gasteiger partial charge in [0.15, 0.2) is 12.1 Å². The Morgan fingerprint density at radius 2 is 1.02 bits per heavy atom. The maximum absolute atomic E-state index is 12.6. The molecule has 0 aliphatic rings. The van der Waals surface area contributed by atoms with E-state index < -0.39 is 18.1 Å². The van der Waals surface area contributed by atoms with Crippen molar-refractivity contribution < 1.29 is 38.2 Å². The highest BCUT2D eigenvalue weighted by Gasteiger charge is 2.31. The van der Waals surface area contributed by atoms with Crippen molar-refractivity contribution in [3.8, 4) is 0 Å². The van der Waals surface area contributed by atoms with Gasteiger partial charge in [-0.25, -0.2) is 4.79 Å². The van der Waals surface area contributed by atoms with E-state index in [1.165, 1.54) is 64.2 Å². The van der Waals surface area contributed by atoms with E-state index in [4.69, 9.17) is 14.2 Å². The van der Waals surface area contributed by atoms with Gasteiger partial charge in [0.05, 0.1) is 34.4 Å². The molecule has 8 heteroatoms. The van der Waals surface area contributed by atoms with Crippen LogP contribution in [-0.4, -0.2) is 80.6 Å². The van der Waals surface area contributed by atoms with Crippen LogP contribution in [0.2, 0.25) is 0 Å². The zero-order valence-corrected chi connectivity index (χ0v) is 34.0. The number of carboxylic acid groups (broad SMARTS) is 1. The van der Waals surface area contributed by atoms with Gasteiger partial charge in [0.2, 0.25) is 0 Å². The summed E-state index contributed by atoms with van der Waals surface area (Å²) in [6, 6.07) is -0.617. The number of carboxylic acids is 1. The Bertz CT molecular complexity index is 995. The molecule has 2 unspecified atom stereocenters. The molecule has 0 spiro atoms. The lowest BCUT2D eigenvalue weighted by Crippen LogP contribution is -2.50. The fraction of sp³-hybridized carbons (Fsp3) is 0.750. The summed E-state index contributed by atoms with van der Waals surface area (Å²) in [5.74, 6) is -1.50. The van der Waals surface area contributed by atoms with Crippen molar-refractivity contribution >= 4 is 17.9 Å². The molecule has 0 bridgehead atoms. The van der Waals surface area contributed by atoms with Gasteiger partial charge in [0, 0.05) is 19.3 Å². The van der Waals surface area contributed by atoms with Crippen LogP contribution in [0.5, 0.6) is 0 Å². The Labute approximate surface area is 318 Å². The number of nitrogens with zero attached hydrogens (tertiary/aromatic N) is 1. The van der Waals surface area contributed by atoms with Gasteiger partial charge in [-0.05, 0) is 38.5 Å². The number of carbonyl (C=O) groups excluding carboxylic acids is 2. The number of hydrogen-bond acceptors (Lipinski definition) is 6. The summed E-state index contributed by atoms with van der Waals surface area (Å²) in [6.45, 7) is 4.65. The smallest absolute Gasteiger partial charge is 0.362 e. The molecule has 0 aliphatic heterocycles. The van der Waals surface area contributed by atoms with Gasteiger partial charge >= 0.3 is 17.9 Å². The van der Waals surface area contributed by atoms with Crippen molar-refractivity contribution in [2.75, 3.05) is 41.0 Å². The van der Waals surface area contributed by atoms with Crippen molar-refractivity contribution in [3.05, 3.63) is 48.6 Å². The van der Waals surface area contributed by atoms with Crippen LogP contribution in [0.25, 0.3) is 0 Å². The minimum Gasteiger partial charge on any atom is -0.477 e. The van der Waals surface area contributed by atoms with Gasteiger partial charge in [-0.2, -0.15) is 0 Å². The Kier molecular flexibility index (Phi) is 33.5. The van der Waals surface area contributed by atoms with Crippen molar-refractivity contribution in [2.45, 2.75) is 174 Å². The van der Waals surface area contributed by atoms with Gasteiger partial charge in [0.1, 0.15) is 6.61 Å². The monoisotopic (exact) mass is 733 g/mol. The number of quaternary nitrogens is 1. The molecule has 0 radical (unpaired) electrons. The molecule has 8 nitrogen and oxygen atoms in total. The van der Waals surface area contributed by atoms with Crippen molar-refractivity contribution in [3.63, 3.8) is 0 Å². The molecule has 0 saturated carbocycles. The molecule has 300 valence electrons. The molecule has 52 heavy (non-hydrogen) atoms. The first-order valence-corrected chi connectivity index (χ1v) is 20.7. The SMILES string of the molecule is CCCCC/C=C/C=C/C=C/C=C/CCCCCCCC(=O)OCC(COCCC(C(=O)O)[N+](C)(C)C)OC(=O)CCCCCCCCCCCC. The zero-order chi connectivity index (χ0) is 38.5. The minimum atomic E-state index is -0.880. The van der Waals surface area contributed by atoms with Crippen LogP contribution < -0.4 is 0 Å². The van der Waals surface area contributed by atoms with E-state index in [-0.39, 0.29) is 36.2 Å². The second-order valence-electron chi connectivity index (χ2n) is 15.0. The Morgan fingerprint density at radius 3 is 1.54 bits per heavy atom. The summed E-state index contributed by atoms with van der Waals surface area (Å²) in [7, 11) is 5.51. The van der Waals surface area contributed by atoms with Crippen molar-refractivity contribution in [2.24, 2.45) is 0 Å². The van der Waals surface area contributed by atoms with Crippen molar-refractivity contribution in [1.82, 2.24) is 0 Å². The fourth-order valence-corrected chi connectivity index (χ4v) is 5.81. The van der Waals surface area contributed by atoms with Crippen LogP contribution in [0.4, 0.5) is 0 Å². The molecule has 0 amide bonds. The lowest BCUT2D eigenvalue weighted by atomic mass is 10.1. The highest BCUT2D eigenvalue weighted by Crippen LogP contribution is 2.14. The maximum Gasteiger partial charge on any atom is 0.362 e. The van der Waals surface area contributed by atoms with Crippen LogP contribution >= 0.6 is 0 Å². The number of allylic oxidation sites excluding steroid dienone is 8. The van der Waals surface area contributed by atoms with Crippen LogP contribution in [0.15, 0.2) is 48.6 Å². The molecule has 0 aliphatic carbocycles. The third kappa shape index (κ3) is 33.1. The van der Waals surface area contributed by atoms with E-state index in [2.05, 4.69) is 62.5 Å². The normalized spacial score (nSPS) is 13.5. The van der Waals surface area contributed by atoms with Crippen LogP contribution in [-0.2, 0) is 28.6 Å². The minimum absolute atomic E-state index is 0.0536. The molecule has 0 heterocycles. The number of rotatable bonds is 36. The molecule has 0 fully saturated rings. The molecular weight excluding hydrogens is 654 g/mol. The predicted molar refractivity (Wildman–Crippen MR) is 215 cm³/mol. The number of hydrogen-bond donors (Lipinski definition) is 1. The molecule has 1 N–H and O–H groups in total. The third-order valence-electron chi connectivity index (χ3n) is 9.08. The number of carbonyl (C=O) groups is 3. The highest BCUT2D eigenvalue weighted by molar-refractivity contribution is 5.72. The number of aliphatic carboxylic acids is 1. The third-order valence-corrected chi connectivity index (χ3v) is 9.08. The molecule has 0 saturated heterocycles. The van der Waals surface area contributed by atoms with Crippen LogP contribution in [0, 0.1) is 0 Å². The second kappa shape index (κ2) is 35.3. The summed E-state index contributed by atoms with van der Waals surface area (Å²) in [6.07, 6.45) is 40.0. The molecular formula is C44H78NO7+. The topological polar surface area (TPSA) is 99.1 Å². The van der Waals surface area contributed by atoms with Gasteiger partial charge in [-0.3, -0.25) is 9.59 Å². The second-order valence-corrected chi connectivity index (χ2v) is 15.0. The molecule has 0 rings (SSSR count). The average molecular weight is 733 g/mol. The van der Waals surface area contributed by atoms with E-state index in [0.717, 1.165) is 64.2 Å². The lowest BCUT2D eigenvalue weighted by molar-refractivity contribution is -0.887. The first kappa shape index (κ1) is 49.3. The van der Waals surface area contributed by atoms with E-state index in [1.807, 2.05) is 21.1 Å². The molecule has 0 aromatic rings. The highest BCUT2D eigenvalue weighted by atomic mass is 16.6. The lowest BCUT2D eigenvalue weighted by Gasteiger charge is -2.31. The van der Waals surface area contributed by atoms with E-state index in [1.54, 1.807) is 0 Å². The Hall–Kier alpha value is -2.71. The van der Waals surface area contributed by atoms with Gasteiger partial charge < -0.3 is 23.8 Å². The first-order valence-electron chi connectivity index (χ1n) is 20.7. The zero-order valence-electron chi connectivity index (χ0n) is 34.0. The van der Waals surface area contributed by atoms with E-state index in [0.29, 0.717) is 19.3 Å². The largest absolute Gasteiger partial charge is 0.477 e. The number of ether oxygens (including phenoxy) is 3. The summed E-state index contributed by atoms with van der Waals surface area (Å²) in [4.78, 5) is 36.8. The van der Waals surface area contributed by atoms with Crippen LogP contribution in [0.1, 0.15) is 162 Å². The number of unbranched alkanes of at least 4 members (excludes halogenated alkanes) is 17. The summed E-state index contributed by atoms with van der Waals surface area (Å²) in [5.41, 5.74) is 0. The predicted octanol–water partition coefficient (Wildman–Crippen LogP) is 10.9. The maximum atomic E-state index is 12.6. The van der Waals surface area contributed by atoms with Gasteiger partial charge in [-0.1, -0.05) is 152 Å². The standard InChI is InChI=1S/C44H77NO7/c1-6-8-10-12-14-16-18-19-20-21-22-23-24-25-27-28-30-32-34-42(46)51-39-40(38-50-37-36-41(44(48)49)45(3,4)5)52-43(47)35-33-31-29-26-17-15-13-11-9-7-2/h14,16,18-23,40-41H,6-13,15,17,24-39H2,1-5H3/p+1/b16-14+,19-18+,21-20+,23-22+. The van der Waals surface area contributed by atoms with Crippen molar-refractivity contribution in [1.29, 1.82) is 0 Å². The quantitative estimate of drug-likeness (QED) is 0.0296. The number of esters is 2. The fourth-order valence-electron chi connectivity index (χ4n) is 5.81. The van der Waals surface area contributed by atoms with E-state index in [9.17, 15) is 19.5 Å². The average Bonchev–Trinajstić information content (AvgIpc) is 3.09. The molecule has 0 aromatic heterocycles. The van der Waals surface area contributed by atoms with Gasteiger partial charge in [-0.15, -0.1) is 0 Å².